The number of benzene rings is 14. The van der Waals surface area contributed by atoms with Crippen molar-refractivity contribution in [3.05, 3.63) is 301 Å². The number of hydrogen-bond acceptors (Lipinski definition) is 2. The lowest BCUT2D eigenvalue weighted by Crippen LogP contribution is -2.16. The molecule has 0 bridgehead atoms. The Balaban J connectivity index is 0.790. The standard InChI is InChI=1S/C80H58N2/c1-79(2)74-47-55(33-39-66(74)68-41-37-62(49-76(68)79)81(58-23-7-5-8-24-58)60-35-31-51-19-11-13-21-53(51)43-60)72-45-57-46-73(65-28-16-18-30-71(65)78(57)70-29-17-15-27-64(70)72)56-34-40-67-69-42-38-63(50-77(69)80(3,4)75(67)48-56)82(59-25-9-6-10-26-59)61-36-32-52-20-12-14-22-54(52)44-61/h5-50H,1-4H3. The van der Waals surface area contributed by atoms with Crippen LogP contribution in [0, 0.1) is 0 Å². The maximum atomic E-state index is 2.50. The molecule has 0 spiro atoms. The van der Waals surface area contributed by atoms with Gasteiger partial charge in [-0.3, -0.25) is 0 Å². The molecule has 0 N–H and O–H groups in total. The fourth-order valence-electron chi connectivity index (χ4n) is 14.2. The molecule has 16 rings (SSSR count). The fourth-order valence-corrected chi connectivity index (χ4v) is 14.2. The van der Waals surface area contributed by atoms with Crippen molar-refractivity contribution >= 4 is 88.0 Å². The predicted octanol–water partition coefficient (Wildman–Crippen LogP) is 22.3. The number of para-hydroxylation sites is 2. The largest absolute Gasteiger partial charge is 0.310 e. The van der Waals surface area contributed by atoms with E-state index in [1.807, 2.05) is 0 Å². The zero-order valence-corrected chi connectivity index (χ0v) is 46.5. The lowest BCUT2D eigenvalue weighted by atomic mass is 9.80. The Labute approximate surface area is 479 Å². The molecule has 0 aliphatic heterocycles. The highest BCUT2D eigenvalue weighted by Gasteiger charge is 2.38. The van der Waals surface area contributed by atoms with Crippen LogP contribution in [0.5, 0.6) is 0 Å². The van der Waals surface area contributed by atoms with Crippen LogP contribution >= 0.6 is 0 Å². The highest BCUT2D eigenvalue weighted by atomic mass is 15.1. The molecule has 0 radical (unpaired) electrons. The Hall–Kier alpha value is -10.0. The fraction of sp³-hybridized carbons (Fsp3) is 0.0750. The van der Waals surface area contributed by atoms with Gasteiger partial charge < -0.3 is 9.80 Å². The maximum Gasteiger partial charge on any atom is 0.0468 e. The van der Waals surface area contributed by atoms with Gasteiger partial charge in [0.15, 0.2) is 0 Å². The average Bonchev–Trinajstić information content (AvgIpc) is 2.94. The van der Waals surface area contributed by atoms with E-state index in [0.29, 0.717) is 0 Å². The highest BCUT2D eigenvalue weighted by molar-refractivity contribution is 6.26. The third-order valence-electron chi connectivity index (χ3n) is 18.3. The Morgan fingerprint density at radius 2 is 0.549 bits per heavy atom. The summed E-state index contributed by atoms with van der Waals surface area (Å²) in [7, 11) is 0. The highest BCUT2D eigenvalue weighted by Crippen LogP contribution is 2.55. The molecule has 0 saturated heterocycles. The molecule has 82 heavy (non-hydrogen) atoms. The topological polar surface area (TPSA) is 6.48 Å². The van der Waals surface area contributed by atoms with E-state index >= 15 is 0 Å². The summed E-state index contributed by atoms with van der Waals surface area (Å²) in [6, 6.07) is 104. The van der Waals surface area contributed by atoms with Gasteiger partial charge in [-0.05, 0) is 218 Å². The molecule has 0 amide bonds. The first-order chi connectivity index (χ1) is 40.2. The van der Waals surface area contributed by atoms with Crippen LogP contribution in [0.3, 0.4) is 0 Å². The lowest BCUT2D eigenvalue weighted by molar-refractivity contribution is 0.660. The van der Waals surface area contributed by atoms with E-state index in [2.05, 4.69) is 317 Å². The van der Waals surface area contributed by atoms with Gasteiger partial charge in [-0.25, -0.2) is 0 Å². The van der Waals surface area contributed by atoms with Crippen LogP contribution in [0.15, 0.2) is 279 Å². The summed E-state index contributed by atoms with van der Waals surface area (Å²) in [4.78, 5) is 4.81. The number of hydrogen-bond donors (Lipinski definition) is 0. The second-order valence-electron chi connectivity index (χ2n) is 23.7. The van der Waals surface area contributed by atoms with E-state index in [4.69, 9.17) is 0 Å². The van der Waals surface area contributed by atoms with Gasteiger partial charge in [-0.1, -0.05) is 210 Å². The van der Waals surface area contributed by atoms with Crippen LogP contribution in [0.2, 0.25) is 0 Å². The minimum atomic E-state index is -0.250. The smallest absolute Gasteiger partial charge is 0.0468 e. The lowest BCUT2D eigenvalue weighted by Gasteiger charge is -2.28. The first-order valence-electron chi connectivity index (χ1n) is 28.8. The monoisotopic (exact) mass is 1050 g/mol. The molecule has 0 heterocycles. The van der Waals surface area contributed by atoms with Gasteiger partial charge in [0.2, 0.25) is 0 Å². The molecule has 2 aliphatic rings. The maximum absolute atomic E-state index is 2.50. The zero-order valence-electron chi connectivity index (χ0n) is 46.5. The van der Waals surface area contributed by atoms with E-state index in [9.17, 15) is 0 Å². The second kappa shape index (κ2) is 18.3. The summed E-state index contributed by atoms with van der Waals surface area (Å²) >= 11 is 0. The van der Waals surface area contributed by atoms with Gasteiger partial charge in [-0.15, -0.1) is 0 Å². The van der Waals surface area contributed by atoms with Crippen LogP contribution in [0.4, 0.5) is 34.1 Å². The van der Waals surface area contributed by atoms with Crippen LogP contribution < -0.4 is 9.80 Å². The summed E-state index contributed by atoms with van der Waals surface area (Å²) in [6.07, 6.45) is 0. The molecular formula is C80H58N2. The number of rotatable bonds is 8. The summed E-state index contributed by atoms with van der Waals surface area (Å²) in [5.74, 6) is 0. The minimum Gasteiger partial charge on any atom is -0.310 e. The quantitative estimate of drug-likeness (QED) is 0.140. The number of anilines is 6. The van der Waals surface area contributed by atoms with E-state index in [1.54, 1.807) is 0 Å². The summed E-state index contributed by atoms with van der Waals surface area (Å²) in [5.41, 5.74) is 21.9. The Bertz CT molecular complexity index is 4620. The second-order valence-corrected chi connectivity index (χ2v) is 23.7. The molecule has 0 atom stereocenters. The minimum absolute atomic E-state index is 0.250. The van der Waals surface area contributed by atoms with E-state index < -0.39 is 0 Å². The van der Waals surface area contributed by atoms with E-state index in [-0.39, 0.29) is 10.8 Å². The van der Waals surface area contributed by atoms with Gasteiger partial charge in [-0.2, -0.15) is 0 Å². The van der Waals surface area contributed by atoms with Crippen LogP contribution in [-0.2, 0) is 10.8 Å². The Morgan fingerprint density at radius 3 is 0.976 bits per heavy atom. The van der Waals surface area contributed by atoms with Gasteiger partial charge in [0.25, 0.3) is 0 Å². The summed E-state index contributed by atoms with van der Waals surface area (Å²) in [5, 5.41) is 12.5. The Morgan fingerprint density at radius 1 is 0.220 bits per heavy atom. The zero-order chi connectivity index (χ0) is 54.8. The SMILES string of the molecule is CC1(C)c2cc(-c3cc4cc(-c5ccc6c(c5)C(C)(C)c5cc(N(c7ccccc7)c7ccc8ccccc8c7)ccc5-6)c5ccccc5c4c4ccccc34)ccc2-c2ccc(N(c3ccccc3)c3ccc4ccccc4c3)cc21. The van der Waals surface area contributed by atoms with Crippen LogP contribution in [0.1, 0.15) is 49.9 Å². The van der Waals surface area contributed by atoms with Crippen LogP contribution in [0.25, 0.3) is 98.4 Å². The van der Waals surface area contributed by atoms with E-state index in [0.717, 1.165) is 34.1 Å². The predicted molar refractivity (Wildman–Crippen MR) is 349 cm³/mol. The molecule has 14 aromatic rings. The van der Waals surface area contributed by atoms with E-state index in [1.165, 1.54) is 121 Å². The van der Waals surface area contributed by atoms with Crippen molar-refractivity contribution in [2.75, 3.05) is 9.80 Å². The van der Waals surface area contributed by atoms with Crippen molar-refractivity contribution in [2.24, 2.45) is 0 Å². The first-order valence-corrected chi connectivity index (χ1v) is 28.8. The molecule has 0 aromatic heterocycles. The number of fused-ring (bicyclic) bond motifs is 13. The van der Waals surface area contributed by atoms with Gasteiger partial charge >= 0.3 is 0 Å². The third kappa shape index (κ3) is 7.41. The van der Waals surface area contributed by atoms with Crippen molar-refractivity contribution in [1.82, 2.24) is 0 Å². The molecule has 0 saturated carbocycles. The molecule has 2 nitrogen and oxygen atoms in total. The first kappa shape index (κ1) is 47.9. The molecule has 0 unspecified atom stereocenters. The average molecular weight is 1050 g/mol. The molecule has 388 valence electrons. The molecule has 14 aromatic carbocycles. The molecular weight excluding hydrogens is 989 g/mol. The third-order valence-corrected chi connectivity index (χ3v) is 18.3. The Kier molecular flexibility index (Phi) is 10.7. The molecule has 2 heteroatoms. The van der Waals surface area contributed by atoms with Crippen molar-refractivity contribution in [3.8, 4) is 44.5 Å². The van der Waals surface area contributed by atoms with Crippen molar-refractivity contribution < 1.29 is 0 Å². The summed E-state index contributed by atoms with van der Waals surface area (Å²) < 4.78 is 0. The van der Waals surface area contributed by atoms with Crippen molar-refractivity contribution in [2.45, 2.75) is 38.5 Å². The molecule has 2 aliphatic carbocycles. The van der Waals surface area contributed by atoms with Crippen LogP contribution in [-0.4, -0.2) is 0 Å². The van der Waals surface area contributed by atoms with Crippen molar-refractivity contribution in [1.29, 1.82) is 0 Å². The molecule has 0 fully saturated rings. The summed E-state index contributed by atoms with van der Waals surface area (Å²) in [6.45, 7) is 9.63. The number of nitrogens with zero attached hydrogens (tertiary/aromatic N) is 2. The van der Waals surface area contributed by atoms with Gasteiger partial charge in [0.1, 0.15) is 0 Å². The normalized spacial score (nSPS) is 13.6. The van der Waals surface area contributed by atoms with Crippen molar-refractivity contribution in [3.63, 3.8) is 0 Å². The van der Waals surface area contributed by atoms with Gasteiger partial charge in [0, 0.05) is 45.0 Å². The van der Waals surface area contributed by atoms with Gasteiger partial charge in [0.05, 0.1) is 0 Å².